The smallest absolute Gasteiger partial charge is 0.226 e. The molecule has 1 aliphatic rings. The predicted octanol–water partition coefficient (Wildman–Crippen LogP) is 5.18. The van der Waals surface area contributed by atoms with E-state index in [0.29, 0.717) is 5.39 Å². The van der Waals surface area contributed by atoms with E-state index in [0.717, 1.165) is 49.6 Å². The first kappa shape index (κ1) is 23.5. The van der Waals surface area contributed by atoms with Crippen LogP contribution in [0.25, 0.3) is 16.6 Å². The maximum atomic E-state index is 13.7. The number of fused-ring (bicyclic) bond motifs is 1. The van der Waals surface area contributed by atoms with Crippen molar-refractivity contribution in [1.82, 2.24) is 14.7 Å². The summed E-state index contributed by atoms with van der Waals surface area (Å²) >= 11 is 0. The number of benzene rings is 4. The second kappa shape index (κ2) is 9.84. The zero-order valence-corrected chi connectivity index (χ0v) is 21.3. The molecule has 4 aromatic carbocycles. The van der Waals surface area contributed by atoms with Gasteiger partial charge in [-0.05, 0) is 48.0 Å². The molecule has 7 heteroatoms. The summed E-state index contributed by atoms with van der Waals surface area (Å²) in [5.74, 6) is 0. The Hall–Kier alpha value is -3.94. The Morgan fingerprint density at radius 2 is 1.30 bits per heavy atom. The molecular weight excluding hydrogens is 480 g/mol. The number of nitrogens with zero attached hydrogens (tertiary/aromatic N) is 4. The minimum absolute atomic E-state index is 0.0853. The third kappa shape index (κ3) is 4.63. The van der Waals surface area contributed by atoms with Gasteiger partial charge in [0, 0.05) is 43.8 Å². The van der Waals surface area contributed by atoms with E-state index in [4.69, 9.17) is 0 Å². The number of hydrogen-bond donors (Lipinski definition) is 0. The van der Waals surface area contributed by atoms with Crippen LogP contribution in [0, 0.1) is 0 Å². The van der Waals surface area contributed by atoms with Gasteiger partial charge in [-0.1, -0.05) is 66.7 Å². The molecule has 6 nitrogen and oxygen atoms in total. The second-order valence-corrected chi connectivity index (χ2v) is 11.2. The number of aromatic nitrogens is 2. The van der Waals surface area contributed by atoms with Crippen molar-refractivity contribution in [2.75, 3.05) is 31.1 Å². The molecule has 0 amide bonds. The topological polar surface area (TPSA) is 58.4 Å². The third-order valence-electron chi connectivity index (χ3n) is 6.92. The van der Waals surface area contributed by atoms with Gasteiger partial charge in [-0.3, -0.25) is 4.90 Å². The van der Waals surface area contributed by atoms with E-state index < -0.39 is 9.84 Å². The summed E-state index contributed by atoms with van der Waals surface area (Å²) in [6.45, 7) is 4.60. The lowest BCUT2D eigenvalue weighted by atomic mass is 10.1. The van der Waals surface area contributed by atoms with Crippen LogP contribution in [-0.2, 0) is 16.4 Å². The van der Waals surface area contributed by atoms with E-state index in [1.165, 1.54) is 5.56 Å². The fraction of sp³-hybridized carbons (Fsp3) is 0.167. The van der Waals surface area contributed by atoms with Gasteiger partial charge >= 0.3 is 0 Å². The van der Waals surface area contributed by atoms with E-state index >= 15 is 0 Å². The first-order chi connectivity index (χ1) is 18.1. The molecule has 5 aromatic rings. The second-order valence-electron chi connectivity index (χ2n) is 9.32. The molecule has 186 valence electrons. The standard InChI is InChI=1S/C30H28N4O2S/c35-37(36,27-14-8-3-9-15-27)30-28-22-26(16-17-29(28)34(31-30)25-12-6-2-7-13-25)33-20-18-32(19-21-33)23-24-10-4-1-5-11-24/h1-17,22H,18-21,23H2. The molecule has 0 radical (unpaired) electrons. The number of sulfone groups is 1. The van der Waals surface area contributed by atoms with Gasteiger partial charge in [0.1, 0.15) is 0 Å². The third-order valence-corrected chi connectivity index (χ3v) is 8.63. The SMILES string of the molecule is O=S(=O)(c1ccccc1)c1nn(-c2ccccc2)c2ccc(N3CCN(Cc4ccccc4)CC3)cc12. The first-order valence-corrected chi connectivity index (χ1v) is 14.0. The van der Waals surface area contributed by atoms with Crippen molar-refractivity contribution in [3.63, 3.8) is 0 Å². The Bertz CT molecular complexity index is 1610. The Labute approximate surface area is 217 Å². The average molecular weight is 509 g/mol. The zero-order valence-electron chi connectivity index (χ0n) is 20.4. The summed E-state index contributed by atoms with van der Waals surface area (Å²) in [4.78, 5) is 5.04. The maximum absolute atomic E-state index is 13.7. The molecule has 1 fully saturated rings. The molecule has 1 aliphatic heterocycles. The zero-order chi connectivity index (χ0) is 25.2. The summed E-state index contributed by atoms with van der Waals surface area (Å²) in [7, 11) is -3.80. The highest BCUT2D eigenvalue weighted by atomic mass is 32.2. The minimum Gasteiger partial charge on any atom is -0.369 e. The van der Waals surface area contributed by atoms with Gasteiger partial charge in [0.2, 0.25) is 9.84 Å². The minimum atomic E-state index is -3.80. The Kier molecular flexibility index (Phi) is 6.24. The van der Waals surface area contributed by atoms with Crippen LogP contribution in [0.2, 0.25) is 0 Å². The summed E-state index contributed by atoms with van der Waals surface area (Å²) in [5, 5.41) is 5.38. The summed E-state index contributed by atoms with van der Waals surface area (Å²) in [6.07, 6.45) is 0. The van der Waals surface area contributed by atoms with Gasteiger partial charge in [0.05, 0.1) is 16.1 Å². The number of piperazine rings is 1. The van der Waals surface area contributed by atoms with Gasteiger partial charge in [-0.2, -0.15) is 5.10 Å². The van der Waals surface area contributed by atoms with Crippen LogP contribution < -0.4 is 4.90 Å². The van der Waals surface area contributed by atoms with E-state index in [1.54, 1.807) is 28.9 Å². The van der Waals surface area contributed by atoms with Crippen molar-refractivity contribution >= 4 is 26.4 Å². The van der Waals surface area contributed by atoms with Crippen molar-refractivity contribution < 1.29 is 8.42 Å². The molecule has 0 atom stereocenters. The van der Waals surface area contributed by atoms with Gasteiger partial charge < -0.3 is 4.90 Å². The van der Waals surface area contributed by atoms with Gasteiger partial charge in [-0.25, -0.2) is 13.1 Å². The first-order valence-electron chi connectivity index (χ1n) is 12.5. The van der Waals surface area contributed by atoms with Crippen molar-refractivity contribution in [3.8, 4) is 5.69 Å². The van der Waals surface area contributed by atoms with Crippen molar-refractivity contribution in [2.24, 2.45) is 0 Å². The summed E-state index contributed by atoms with van der Waals surface area (Å²) in [6, 6.07) is 34.8. The Morgan fingerprint density at radius 3 is 1.97 bits per heavy atom. The highest BCUT2D eigenvalue weighted by molar-refractivity contribution is 7.91. The highest BCUT2D eigenvalue weighted by Gasteiger charge is 2.27. The molecule has 1 aromatic heterocycles. The van der Waals surface area contributed by atoms with Gasteiger partial charge in [0.25, 0.3) is 0 Å². The number of anilines is 1. The molecule has 0 aliphatic carbocycles. The molecule has 6 rings (SSSR count). The lowest BCUT2D eigenvalue weighted by Crippen LogP contribution is -2.45. The van der Waals surface area contributed by atoms with Crippen LogP contribution >= 0.6 is 0 Å². The van der Waals surface area contributed by atoms with Gasteiger partial charge in [-0.15, -0.1) is 0 Å². The molecule has 37 heavy (non-hydrogen) atoms. The maximum Gasteiger partial charge on any atom is 0.226 e. The monoisotopic (exact) mass is 508 g/mol. The number of hydrogen-bond acceptors (Lipinski definition) is 5. The van der Waals surface area contributed by atoms with E-state index in [-0.39, 0.29) is 9.92 Å². The fourth-order valence-electron chi connectivity index (χ4n) is 4.96. The largest absolute Gasteiger partial charge is 0.369 e. The number of rotatable bonds is 6. The van der Waals surface area contributed by atoms with Crippen LogP contribution in [0.3, 0.4) is 0 Å². The average Bonchev–Trinajstić information content (AvgIpc) is 3.35. The molecule has 0 N–H and O–H groups in total. The molecule has 0 spiro atoms. The van der Waals surface area contributed by atoms with Crippen LogP contribution in [0.15, 0.2) is 119 Å². The van der Waals surface area contributed by atoms with Crippen LogP contribution in [0.5, 0.6) is 0 Å². The van der Waals surface area contributed by atoms with E-state index in [2.05, 4.69) is 45.2 Å². The van der Waals surface area contributed by atoms with E-state index in [9.17, 15) is 8.42 Å². The van der Waals surface area contributed by atoms with Crippen molar-refractivity contribution in [2.45, 2.75) is 16.5 Å². The predicted molar refractivity (Wildman–Crippen MR) is 147 cm³/mol. The summed E-state index contributed by atoms with van der Waals surface area (Å²) < 4.78 is 29.1. The molecule has 2 heterocycles. The quantitative estimate of drug-likeness (QED) is 0.316. The van der Waals surface area contributed by atoms with Gasteiger partial charge in [0.15, 0.2) is 5.03 Å². The van der Waals surface area contributed by atoms with Crippen LogP contribution in [0.1, 0.15) is 5.56 Å². The molecule has 0 saturated carbocycles. The molecule has 0 bridgehead atoms. The fourth-order valence-corrected chi connectivity index (χ4v) is 6.34. The van der Waals surface area contributed by atoms with Crippen molar-refractivity contribution in [1.29, 1.82) is 0 Å². The van der Waals surface area contributed by atoms with Crippen LogP contribution in [0.4, 0.5) is 5.69 Å². The normalized spacial score (nSPS) is 14.8. The molecular formula is C30H28N4O2S. The lowest BCUT2D eigenvalue weighted by Gasteiger charge is -2.36. The van der Waals surface area contributed by atoms with Crippen molar-refractivity contribution in [3.05, 3.63) is 115 Å². The number of para-hydroxylation sites is 1. The molecule has 1 saturated heterocycles. The van der Waals surface area contributed by atoms with Crippen LogP contribution in [-0.4, -0.2) is 49.3 Å². The molecule has 0 unspecified atom stereocenters. The van der Waals surface area contributed by atoms with E-state index in [1.807, 2.05) is 54.6 Å². The highest BCUT2D eigenvalue weighted by Crippen LogP contribution is 2.33. The summed E-state index contributed by atoms with van der Waals surface area (Å²) in [5.41, 5.74) is 3.93. The Balaban J connectivity index is 1.35. The Morgan fingerprint density at radius 1 is 0.676 bits per heavy atom. The lowest BCUT2D eigenvalue weighted by molar-refractivity contribution is 0.250.